The molecule has 0 spiro atoms. The van der Waals surface area contributed by atoms with E-state index in [-0.39, 0.29) is 23.7 Å². The molecule has 0 heterocycles. The number of benzene rings is 1. The third-order valence-corrected chi connectivity index (χ3v) is 2.17. The molecule has 0 saturated heterocycles. The van der Waals surface area contributed by atoms with Crippen LogP contribution in [0.15, 0.2) is 18.2 Å². The molecular formula is C10H8ClF3N2. The first-order chi connectivity index (χ1) is 7.46. The van der Waals surface area contributed by atoms with Crippen molar-refractivity contribution in [3.63, 3.8) is 0 Å². The van der Waals surface area contributed by atoms with Gasteiger partial charge in [0, 0.05) is 6.54 Å². The summed E-state index contributed by atoms with van der Waals surface area (Å²) in [6.07, 6.45) is -4.34. The largest absolute Gasteiger partial charge is 0.418 e. The highest BCUT2D eigenvalue weighted by Crippen LogP contribution is 2.38. The Balaban J connectivity index is 3.01. The first-order valence-electron chi connectivity index (χ1n) is 4.43. The Bertz CT molecular complexity index is 410. The Hall–Kier alpha value is -1.41. The van der Waals surface area contributed by atoms with Gasteiger partial charge in [0.15, 0.2) is 0 Å². The molecule has 0 unspecified atom stereocenters. The molecule has 0 amide bonds. The van der Waals surface area contributed by atoms with Gasteiger partial charge in [0.05, 0.1) is 28.8 Å². The molecule has 0 radical (unpaired) electrons. The van der Waals surface area contributed by atoms with Crippen LogP contribution >= 0.6 is 11.6 Å². The molecule has 1 aromatic carbocycles. The summed E-state index contributed by atoms with van der Waals surface area (Å²) in [6, 6.07) is 5.38. The molecule has 0 bridgehead atoms. The van der Waals surface area contributed by atoms with Crippen LogP contribution in [-0.2, 0) is 6.18 Å². The summed E-state index contributed by atoms with van der Waals surface area (Å²) in [5, 5.41) is 10.8. The standard InChI is InChI=1S/C10H8ClF3N2/c11-8-4-1-3-7(10(12,13)14)9(8)16-6-2-5-15/h1,3-4,16H,2,6H2. The van der Waals surface area contributed by atoms with Crippen LogP contribution in [0.5, 0.6) is 0 Å². The fraction of sp³-hybridized carbons (Fsp3) is 0.300. The van der Waals surface area contributed by atoms with Gasteiger partial charge in [-0.2, -0.15) is 18.4 Å². The highest BCUT2D eigenvalue weighted by atomic mass is 35.5. The molecule has 0 aliphatic heterocycles. The number of alkyl halides is 3. The zero-order chi connectivity index (χ0) is 12.2. The molecule has 86 valence electrons. The third-order valence-electron chi connectivity index (χ3n) is 1.86. The molecule has 0 aliphatic carbocycles. The van der Waals surface area contributed by atoms with Gasteiger partial charge in [0.2, 0.25) is 0 Å². The van der Waals surface area contributed by atoms with Crippen LogP contribution in [0.3, 0.4) is 0 Å². The molecule has 2 nitrogen and oxygen atoms in total. The van der Waals surface area contributed by atoms with Crippen LogP contribution < -0.4 is 5.32 Å². The Morgan fingerprint density at radius 2 is 2.06 bits per heavy atom. The lowest BCUT2D eigenvalue weighted by Crippen LogP contribution is -2.11. The summed E-state index contributed by atoms with van der Waals surface area (Å²) in [5.74, 6) is 0. The number of para-hydroxylation sites is 1. The van der Waals surface area contributed by atoms with Gasteiger partial charge >= 0.3 is 6.18 Å². The molecule has 1 aromatic rings. The van der Waals surface area contributed by atoms with E-state index < -0.39 is 11.7 Å². The fourth-order valence-corrected chi connectivity index (χ4v) is 1.42. The number of hydrogen-bond acceptors (Lipinski definition) is 2. The third kappa shape index (κ3) is 3.04. The zero-order valence-corrected chi connectivity index (χ0v) is 8.86. The number of rotatable bonds is 3. The van der Waals surface area contributed by atoms with Gasteiger partial charge in [-0.15, -0.1) is 0 Å². The topological polar surface area (TPSA) is 35.8 Å². The number of nitriles is 1. The molecule has 0 atom stereocenters. The number of halogens is 4. The average Bonchev–Trinajstić information content (AvgIpc) is 2.19. The minimum atomic E-state index is -4.46. The maximum absolute atomic E-state index is 12.6. The second-order valence-electron chi connectivity index (χ2n) is 3.00. The first-order valence-corrected chi connectivity index (χ1v) is 4.81. The zero-order valence-electron chi connectivity index (χ0n) is 8.11. The summed E-state index contributed by atoms with van der Waals surface area (Å²) in [5.41, 5.74) is -0.996. The van der Waals surface area contributed by atoms with Gasteiger partial charge in [-0.3, -0.25) is 0 Å². The van der Waals surface area contributed by atoms with Gasteiger partial charge in [-0.25, -0.2) is 0 Å². The SMILES string of the molecule is N#CCCNc1c(Cl)cccc1C(F)(F)F. The maximum atomic E-state index is 12.6. The van der Waals surface area contributed by atoms with Gasteiger partial charge in [-0.05, 0) is 12.1 Å². The van der Waals surface area contributed by atoms with Crippen molar-refractivity contribution in [3.8, 4) is 6.07 Å². The van der Waals surface area contributed by atoms with E-state index in [9.17, 15) is 13.2 Å². The van der Waals surface area contributed by atoms with Crippen molar-refractivity contribution in [2.24, 2.45) is 0 Å². The first kappa shape index (κ1) is 12.7. The van der Waals surface area contributed by atoms with Crippen molar-refractivity contribution in [1.82, 2.24) is 0 Å². The van der Waals surface area contributed by atoms with E-state index in [1.165, 1.54) is 12.1 Å². The van der Waals surface area contributed by atoms with Crippen LogP contribution in [0.25, 0.3) is 0 Å². The second-order valence-corrected chi connectivity index (χ2v) is 3.40. The summed E-state index contributed by atoms with van der Waals surface area (Å²) < 4.78 is 37.7. The summed E-state index contributed by atoms with van der Waals surface area (Å²) in [6.45, 7) is 0.128. The Labute approximate surface area is 95.6 Å². The molecule has 6 heteroatoms. The van der Waals surface area contributed by atoms with Crippen LogP contribution in [0.4, 0.5) is 18.9 Å². The quantitative estimate of drug-likeness (QED) is 0.828. The predicted octanol–water partition coefficient (Wildman–Crippen LogP) is 3.68. The minimum Gasteiger partial charge on any atom is -0.382 e. The number of hydrogen-bond donors (Lipinski definition) is 1. The van der Waals surface area contributed by atoms with E-state index in [2.05, 4.69) is 5.32 Å². The summed E-state index contributed by atoms with van der Waals surface area (Å²) in [7, 11) is 0. The Morgan fingerprint density at radius 3 is 2.62 bits per heavy atom. The Morgan fingerprint density at radius 1 is 1.38 bits per heavy atom. The van der Waals surface area contributed by atoms with E-state index in [1.54, 1.807) is 0 Å². The normalized spacial score (nSPS) is 10.9. The molecule has 0 saturated carbocycles. The lowest BCUT2D eigenvalue weighted by atomic mass is 10.1. The molecule has 0 aromatic heterocycles. The number of nitrogens with one attached hydrogen (secondary N) is 1. The molecule has 16 heavy (non-hydrogen) atoms. The smallest absolute Gasteiger partial charge is 0.382 e. The predicted molar refractivity (Wildman–Crippen MR) is 55.2 cm³/mol. The summed E-state index contributed by atoms with van der Waals surface area (Å²) >= 11 is 5.67. The van der Waals surface area contributed by atoms with E-state index in [4.69, 9.17) is 16.9 Å². The maximum Gasteiger partial charge on any atom is 0.418 e. The van der Waals surface area contributed by atoms with Gasteiger partial charge in [0.1, 0.15) is 0 Å². The number of anilines is 1. The van der Waals surface area contributed by atoms with Crippen LogP contribution in [0, 0.1) is 11.3 Å². The van der Waals surface area contributed by atoms with Crippen molar-refractivity contribution in [3.05, 3.63) is 28.8 Å². The Kier molecular flexibility index (Phi) is 4.02. The van der Waals surface area contributed by atoms with Gasteiger partial charge in [0.25, 0.3) is 0 Å². The van der Waals surface area contributed by atoms with Crippen molar-refractivity contribution >= 4 is 17.3 Å². The van der Waals surface area contributed by atoms with E-state index in [0.717, 1.165) is 6.07 Å². The summed E-state index contributed by atoms with van der Waals surface area (Å²) in [4.78, 5) is 0. The monoisotopic (exact) mass is 248 g/mol. The lowest BCUT2D eigenvalue weighted by Gasteiger charge is -2.15. The van der Waals surface area contributed by atoms with Crippen LogP contribution in [0.2, 0.25) is 5.02 Å². The van der Waals surface area contributed by atoms with E-state index in [0.29, 0.717) is 0 Å². The highest BCUT2D eigenvalue weighted by molar-refractivity contribution is 6.33. The van der Waals surface area contributed by atoms with E-state index >= 15 is 0 Å². The number of nitrogens with zero attached hydrogens (tertiary/aromatic N) is 1. The average molecular weight is 249 g/mol. The van der Waals surface area contributed by atoms with Crippen molar-refractivity contribution in [2.45, 2.75) is 12.6 Å². The fourth-order valence-electron chi connectivity index (χ4n) is 1.18. The van der Waals surface area contributed by atoms with Crippen LogP contribution in [0.1, 0.15) is 12.0 Å². The van der Waals surface area contributed by atoms with Crippen LogP contribution in [-0.4, -0.2) is 6.54 Å². The molecule has 1 N–H and O–H groups in total. The van der Waals surface area contributed by atoms with Crippen molar-refractivity contribution in [2.75, 3.05) is 11.9 Å². The molecule has 1 rings (SSSR count). The van der Waals surface area contributed by atoms with Gasteiger partial charge < -0.3 is 5.32 Å². The van der Waals surface area contributed by atoms with Gasteiger partial charge in [-0.1, -0.05) is 17.7 Å². The lowest BCUT2D eigenvalue weighted by molar-refractivity contribution is -0.136. The van der Waals surface area contributed by atoms with Crippen molar-refractivity contribution in [1.29, 1.82) is 5.26 Å². The minimum absolute atomic E-state index is 0.00670. The molecule has 0 aliphatic rings. The van der Waals surface area contributed by atoms with E-state index in [1.807, 2.05) is 6.07 Å². The highest BCUT2D eigenvalue weighted by Gasteiger charge is 2.34. The molecular weight excluding hydrogens is 241 g/mol. The second kappa shape index (κ2) is 5.08. The van der Waals surface area contributed by atoms with Crippen molar-refractivity contribution < 1.29 is 13.2 Å². The molecule has 0 fully saturated rings.